The molecule has 0 bridgehead atoms. The van der Waals surface area contributed by atoms with E-state index in [2.05, 4.69) is 0 Å². The van der Waals surface area contributed by atoms with E-state index in [0.29, 0.717) is 16.5 Å². The van der Waals surface area contributed by atoms with E-state index in [-0.39, 0.29) is 11.3 Å². The zero-order chi connectivity index (χ0) is 18.9. The second-order valence-corrected chi connectivity index (χ2v) is 7.32. The Kier molecular flexibility index (Phi) is 4.60. The monoisotopic (exact) mass is 377 g/mol. The highest BCUT2D eigenvalue weighted by Crippen LogP contribution is 2.31. The number of carbonyl (C=O) groups is 1. The van der Waals surface area contributed by atoms with Crippen molar-refractivity contribution in [2.24, 2.45) is 0 Å². The van der Waals surface area contributed by atoms with E-state index >= 15 is 0 Å². The van der Waals surface area contributed by atoms with E-state index in [0.717, 1.165) is 18.4 Å². The van der Waals surface area contributed by atoms with Gasteiger partial charge in [0.05, 0.1) is 6.26 Å². The Morgan fingerprint density at radius 1 is 1.00 bits per heavy atom. The first-order valence-electron chi connectivity index (χ1n) is 7.41. The third kappa shape index (κ3) is 3.97. The SMILES string of the molecule is CS(=O)(=O)NC(=O)c1ccc2c(Oc3ccc(F)c(F)c3)cccc2c1. The van der Waals surface area contributed by atoms with Gasteiger partial charge in [-0.2, -0.15) is 0 Å². The summed E-state index contributed by atoms with van der Waals surface area (Å²) in [4.78, 5) is 12.0. The Labute approximate surface area is 148 Å². The molecular formula is C18H13F2NO4S. The normalized spacial score (nSPS) is 11.3. The molecule has 0 fully saturated rings. The summed E-state index contributed by atoms with van der Waals surface area (Å²) >= 11 is 0. The van der Waals surface area contributed by atoms with Gasteiger partial charge in [0.15, 0.2) is 11.6 Å². The first kappa shape index (κ1) is 17.8. The summed E-state index contributed by atoms with van der Waals surface area (Å²) in [5, 5.41) is 1.24. The molecule has 0 saturated carbocycles. The molecule has 134 valence electrons. The molecule has 0 radical (unpaired) electrons. The van der Waals surface area contributed by atoms with Gasteiger partial charge in [-0.25, -0.2) is 21.9 Å². The second-order valence-electron chi connectivity index (χ2n) is 5.57. The summed E-state index contributed by atoms with van der Waals surface area (Å²) in [6.07, 6.45) is 0.889. The third-order valence-electron chi connectivity index (χ3n) is 3.50. The van der Waals surface area contributed by atoms with Crippen LogP contribution in [-0.2, 0) is 10.0 Å². The Bertz CT molecular complexity index is 1110. The Morgan fingerprint density at radius 3 is 2.46 bits per heavy atom. The summed E-state index contributed by atoms with van der Waals surface area (Å²) in [6, 6.07) is 12.7. The highest BCUT2D eigenvalue weighted by Gasteiger charge is 2.13. The standard InChI is InChI=1S/C18H13F2NO4S/c1-26(23,24)21-18(22)12-5-7-14-11(9-12)3-2-4-17(14)25-13-6-8-15(19)16(20)10-13/h2-10H,1H3,(H,21,22). The molecule has 0 atom stereocenters. The van der Waals surface area contributed by atoms with Crippen molar-refractivity contribution in [3.05, 3.63) is 71.8 Å². The summed E-state index contributed by atoms with van der Waals surface area (Å²) in [5.74, 6) is -2.25. The van der Waals surface area contributed by atoms with E-state index in [4.69, 9.17) is 4.74 Å². The number of benzene rings is 3. The van der Waals surface area contributed by atoms with Crippen molar-refractivity contribution in [3.8, 4) is 11.5 Å². The Morgan fingerprint density at radius 2 is 1.77 bits per heavy atom. The largest absolute Gasteiger partial charge is 0.457 e. The number of hydrogen-bond donors (Lipinski definition) is 1. The molecule has 0 unspecified atom stereocenters. The molecular weight excluding hydrogens is 364 g/mol. The molecule has 0 heterocycles. The second kappa shape index (κ2) is 6.72. The number of sulfonamides is 1. The van der Waals surface area contributed by atoms with Crippen LogP contribution in [-0.4, -0.2) is 20.6 Å². The van der Waals surface area contributed by atoms with Crippen LogP contribution < -0.4 is 9.46 Å². The van der Waals surface area contributed by atoms with E-state index in [1.54, 1.807) is 24.3 Å². The molecule has 3 aromatic carbocycles. The van der Waals surface area contributed by atoms with Gasteiger partial charge in [-0.1, -0.05) is 12.1 Å². The molecule has 5 nitrogen and oxygen atoms in total. The van der Waals surface area contributed by atoms with Gasteiger partial charge in [-0.3, -0.25) is 4.79 Å². The van der Waals surface area contributed by atoms with Gasteiger partial charge in [0.25, 0.3) is 5.91 Å². The number of hydrogen-bond acceptors (Lipinski definition) is 4. The fourth-order valence-electron chi connectivity index (χ4n) is 2.38. The average Bonchev–Trinajstić information content (AvgIpc) is 2.56. The predicted octanol–water partition coefficient (Wildman–Crippen LogP) is 3.60. The van der Waals surface area contributed by atoms with Crippen molar-refractivity contribution < 1.29 is 26.7 Å². The van der Waals surface area contributed by atoms with E-state index < -0.39 is 27.6 Å². The topological polar surface area (TPSA) is 72.5 Å². The number of ether oxygens (including phenoxy) is 1. The summed E-state index contributed by atoms with van der Waals surface area (Å²) in [7, 11) is -3.67. The van der Waals surface area contributed by atoms with Crippen LogP contribution >= 0.6 is 0 Å². The molecule has 0 aliphatic rings. The zero-order valence-electron chi connectivity index (χ0n) is 13.5. The lowest BCUT2D eigenvalue weighted by molar-refractivity contribution is 0.0982. The van der Waals surface area contributed by atoms with Gasteiger partial charge >= 0.3 is 0 Å². The summed E-state index contributed by atoms with van der Waals surface area (Å²) in [5.41, 5.74) is 0.160. The third-order valence-corrected chi connectivity index (χ3v) is 4.06. The van der Waals surface area contributed by atoms with Crippen molar-refractivity contribution in [1.29, 1.82) is 0 Å². The number of rotatable bonds is 4. The number of carbonyl (C=O) groups excluding carboxylic acids is 1. The maximum Gasteiger partial charge on any atom is 0.264 e. The Hall–Kier alpha value is -3.00. The smallest absolute Gasteiger partial charge is 0.264 e. The maximum atomic E-state index is 13.3. The molecule has 3 rings (SSSR count). The lowest BCUT2D eigenvalue weighted by Gasteiger charge is -2.10. The van der Waals surface area contributed by atoms with Crippen LogP contribution in [0.25, 0.3) is 10.8 Å². The van der Waals surface area contributed by atoms with Crippen LogP contribution in [0.15, 0.2) is 54.6 Å². The van der Waals surface area contributed by atoms with Crippen LogP contribution in [0, 0.1) is 11.6 Å². The van der Waals surface area contributed by atoms with E-state index in [1.807, 2.05) is 4.72 Å². The fraction of sp³-hybridized carbons (Fsp3) is 0.0556. The molecule has 0 aliphatic heterocycles. The van der Waals surface area contributed by atoms with Gasteiger partial charge in [-0.15, -0.1) is 0 Å². The lowest BCUT2D eigenvalue weighted by Crippen LogP contribution is -2.29. The number of nitrogens with one attached hydrogen (secondary N) is 1. The molecule has 0 saturated heterocycles. The van der Waals surface area contributed by atoms with E-state index in [1.165, 1.54) is 18.2 Å². The van der Waals surface area contributed by atoms with Crippen LogP contribution in [0.4, 0.5) is 8.78 Å². The van der Waals surface area contributed by atoms with Gasteiger partial charge in [0, 0.05) is 17.0 Å². The van der Waals surface area contributed by atoms with E-state index in [9.17, 15) is 22.0 Å². The molecule has 26 heavy (non-hydrogen) atoms. The fourth-order valence-corrected chi connectivity index (χ4v) is 2.83. The van der Waals surface area contributed by atoms with Gasteiger partial charge in [0.1, 0.15) is 11.5 Å². The summed E-state index contributed by atoms with van der Waals surface area (Å²) < 4.78 is 56.2. The van der Waals surface area contributed by atoms with Crippen LogP contribution in [0.3, 0.4) is 0 Å². The van der Waals surface area contributed by atoms with Crippen molar-refractivity contribution in [2.45, 2.75) is 0 Å². The molecule has 0 aromatic heterocycles. The van der Waals surface area contributed by atoms with Gasteiger partial charge in [0.2, 0.25) is 10.0 Å². The highest BCUT2D eigenvalue weighted by atomic mass is 32.2. The molecule has 1 amide bonds. The summed E-state index contributed by atoms with van der Waals surface area (Å²) in [6.45, 7) is 0. The lowest BCUT2D eigenvalue weighted by atomic mass is 10.1. The molecule has 0 aliphatic carbocycles. The van der Waals surface area contributed by atoms with Crippen molar-refractivity contribution in [1.82, 2.24) is 4.72 Å². The van der Waals surface area contributed by atoms with Gasteiger partial charge in [-0.05, 0) is 41.8 Å². The van der Waals surface area contributed by atoms with Crippen molar-refractivity contribution in [2.75, 3.05) is 6.26 Å². The minimum atomic E-state index is -3.67. The first-order chi connectivity index (χ1) is 12.2. The predicted molar refractivity (Wildman–Crippen MR) is 92.7 cm³/mol. The highest BCUT2D eigenvalue weighted by molar-refractivity contribution is 7.89. The van der Waals surface area contributed by atoms with Crippen LogP contribution in [0.1, 0.15) is 10.4 Å². The van der Waals surface area contributed by atoms with Crippen LogP contribution in [0.5, 0.6) is 11.5 Å². The average molecular weight is 377 g/mol. The van der Waals surface area contributed by atoms with Gasteiger partial charge < -0.3 is 4.74 Å². The Balaban J connectivity index is 1.95. The molecule has 0 spiro atoms. The molecule has 8 heteroatoms. The zero-order valence-corrected chi connectivity index (χ0v) is 14.3. The van der Waals surface area contributed by atoms with Crippen molar-refractivity contribution >= 4 is 26.7 Å². The minimum Gasteiger partial charge on any atom is -0.457 e. The maximum absolute atomic E-state index is 13.3. The van der Waals surface area contributed by atoms with Crippen LogP contribution in [0.2, 0.25) is 0 Å². The first-order valence-corrected chi connectivity index (χ1v) is 9.30. The molecule has 1 N–H and O–H groups in total. The number of fused-ring (bicyclic) bond motifs is 1. The quantitative estimate of drug-likeness (QED) is 0.754. The molecule has 3 aromatic rings. The number of amides is 1. The van der Waals surface area contributed by atoms with Crippen molar-refractivity contribution in [3.63, 3.8) is 0 Å². The minimum absolute atomic E-state index is 0.121. The number of halogens is 2.